The standard InChI is InChI=1S/C24H24Cl2N2O4S/c1-17-3-10-21(11-4-17)33(30,31)28(19-7-12-22(25)23(26)15-19)16-24(29)27-14-13-18-5-8-20(32-2)9-6-18/h3-12,15H,13-14,16H2,1-2H3,(H,27,29). The van der Waals surface area contributed by atoms with Crippen molar-refractivity contribution in [2.75, 3.05) is 24.5 Å². The lowest BCUT2D eigenvalue weighted by atomic mass is 10.1. The van der Waals surface area contributed by atoms with Gasteiger partial charge in [0.25, 0.3) is 10.0 Å². The number of anilines is 1. The van der Waals surface area contributed by atoms with E-state index in [1.54, 1.807) is 19.2 Å². The molecule has 1 amide bonds. The Bertz CT molecular complexity index is 1210. The molecule has 0 radical (unpaired) electrons. The van der Waals surface area contributed by atoms with Crippen molar-refractivity contribution in [1.82, 2.24) is 5.32 Å². The van der Waals surface area contributed by atoms with Gasteiger partial charge in [-0.25, -0.2) is 8.42 Å². The van der Waals surface area contributed by atoms with Crippen LogP contribution in [0.15, 0.2) is 71.6 Å². The Balaban J connectivity index is 1.77. The maximum Gasteiger partial charge on any atom is 0.264 e. The van der Waals surface area contributed by atoms with Crippen LogP contribution in [0.4, 0.5) is 5.69 Å². The second kappa shape index (κ2) is 10.9. The minimum Gasteiger partial charge on any atom is -0.497 e. The number of hydrogen-bond acceptors (Lipinski definition) is 4. The lowest BCUT2D eigenvalue weighted by Gasteiger charge is -2.24. The molecule has 0 unspecified atom stereocenters. The fourth-order valence-electron chi connectivity index (χ4n) is 3.12. The quantitative estimate of drug-likeness (QED) is 0.449. The Hall–Kier alpha value is -2.74. The number of rotatable bonds is 9. The molecule has 0 aliphatic carbocycles. The number of nitrogens with zero attached hydrogens (tertiary/aromatic N) is 1. The van der Waals surface area contributed by atoms with Crippen molar-refractivity contribution < 1.29 is 17.9 Å². The maximum absolute atomic E-state index is 13.4. The Kier molecular flexibility index (Phi) is 8.24. The zero-order chi connectivity index (χ0) is 24.0. The van der Waals surface area contributed by atoms with Gasteiger partial charge in [0.2, 0.25) is 5.91 Å². The van der Waals surface area contributed by atoms with E-state index >= 15 is 0 Å². The van der Waals surface area contributed by atoms with Gasteiger partial charge in [0.1, 0.15) is 12.3 Å². The highest BCUT2D eigenvalue weighted by Gasteiger charge is 2.27. The number of methoxy groups -OCH3 is 1. The molecule has 0 saturated heterocycles. The van der Waals surface area contributed by atoms with E-state index in [2.05, 4.69) is 5.32 Å². The first-order valence-corrected chi connectivity index (χ1v) is 12.3. The second-order valence-electron chi connectivity index (χ2n) is 7.37. The van der Waals surface area contributed by atoms with Gasteiger partial charge in [-0.1, -0.05) is 53.0 Å². The van der Waals surface area contributed by atoms with E-state index < -0.39 is 22.5 Å². The van der Waals surface area contributed by atoms with Crippen LogP contribution in [0, 0.1) is 6.92 Å². The molecule has 174 valence electrons. The summed E-state index contributed by atoms with van der Waals surface area (Å²) in [6.07, 6.45) is 0.590. The molecule has 3 rings (SSSR count). The lowest BCUT2D eigenvalue weighted by molar-refractivity contribution is -0.119. The fourth-order valence-corrected chi connectivity index (χ4v) is 4.82. The molecule has 0 atom stereocenters. The fraction of sp³-hybridized carbons (Fsp3) is 0.208. The Morgan fingerprint density at radius 3 is 2.24 bits per heavy atom. The van der Waals surface area contributed by atoms with E-state index in [0.717, 1.165) is 21.2 Å². The van der Waals surface area contributed by atoms with Crippen molar-refractivity contribution in [2.45, 2.75) is 18.2 Å². The molecular weight excluding hydrogens is 483 g/mol. The number of amides is 1. The molecular formula is C24H24Cl2N2O4S. The summed E-state index contributed by atoms with van der Waals surface area (Å²) in [5, 5.41) is 3.26. The minimum absolute atomic E-state index is 0.0743. The average molecular weight is 507 g/mol. The number of ether oxygens (including phenoxy) is 1. The Labute approximate surface area is 204 Å². The first-order valence-electron chi connectivity index (χ1n) is 10.1. The molecule has 0 spiro atoms. The van der Waals surface area contributed by atoms with Crippen LogP contribution in [-0.2, 0) is 21.2 Å². The van der Waals surface area contributed by atoms with Crippen molar-refractivity contribution >= 4 is 44.8 Å². The molecule has 0 aromatic heterocycles. The molecule has 3 aromatic carbocycles. The largest absolute Gasteiger partial charge is 0.497 e. The van der Waals surface area contributed by atoms with Crippen molar-refractivity contribution in [3.05, 3.63) is 87.9 Å². The molecule has 0 saturated carbocycles. The SMILES string of the molecule is COc1ccc(CCNC(=O)CN(c2ccc(Cl)c(Cl)c2)S(=O)(=O)c2ccc(C)cc2)cc1. The molecule has 33 heavy (non-hydrogen) atoms. The van der Waals surface area contributed by atoms with Crippen molar-refractivity contribution in [2.24, 2.45) is 0 Å². The van der Waals surface area contributed by atoms with E-state index in [-0.39, 0.29) is 20.6 Å². The van der Waals surface area contributed by atoms with Crippen molar-refractivity contribution in [3.63, 3.8) is 0 Å². The van der Waals surface area contributed by atoms with E-state index in [4.69, 9.17) is 27.9 Å². The topological polar surface area (TPSA) is 75.7 Å². The molecule has 6 nitrogen and oxygen atoms in total. The number of aryl methyl sites for hydroxylation is 1. The summed E-state index contributed by atoms with van der Waals surface area (Å²) in [5.74, 6) is 0.312. The molecule has 9 heteroatoms. The van der Waals surface area contributed by atoms with Crippen LogP contribution in [0.25, 0.3) is 0 Å². The van der Waals surface area contributed by atoms with Crippen LogP contribution in [0.5, 0.6) is 5.75 Å². The van der Waals surface area contributed by atoms with Gasteiger partial charge >= 0.3 is 0 Å². The highest BCUT2D eigenvalue weighted by molar-refractivity contribution is 7.92. The zero-order valence-corrected chi connectivity index (χ0v) is 20.5. The summed E-state index contributed by atoms with van der Waals surface area (Å²) in [5.41, 5.74) is 2.19. The smallest absolute Gasteiger partial charge is 0.264 e. The van der Waals surface area contributed by atoms with Crippen molar-refractivity contribution in [3.8, 4) is 5.75 Å². The first-order chi connectivity index (χ1) is 15.7. The number of benzene rings is 3. The van der Waals surface area contributed by atoms with E-state index in [0.29, 0.717) is 13.0 Å². The summed E-state index contributed by atoms with van der Waals surface area (Å²) in [7, 11) is -2.43. The van der Waals surface area contributed by atoms with Crippen LogP contribution in [0.1, 0.15) is 11.1 Å². The highest BCUT2D eigenvalue weighted by Crippen LogP contribution is 2.30. The molecule has 1 N–H and O–H groups in total. The highest BCUT2D eigenvalue weighted by atomic mass is 35.5. The second-order valence-corrected chi connectivity index (χ2v) is 10.0. The van der Waals surface area contributed by atoms with Gasteiger partial charge in [-0.15, -0.1) is 0 Å². The molecule has 0 aliphatic heterocycles. The number of carbonyl (C=O) groups excluding carboxylic acids is 1. The Morgan fingerprint density at radius 1 is 0.970 bits per heavy atom. The van der Waals surface area contributed by atoms with Crippen LogP contribution in [0.3, 0.4) is 0 Å². The van der Waals surface area contributed by atoms with Gasteiger partial charge in [-0.2, -0.15) is 0 Å². The molecule has 3 aromatic rings. The maximum atomic E-state index is 13.4. The summed E-state index contributed by atoms with van der Waals surface area (Å²) in [6.45, 7) is 1.81. The average Bonchev–Trinajstić information content (AvgIpc) is 2.80. The number of nitrogens with one attached hydrogen (secondary N) is 1. The van der Waals surface area contributed by atoms with Gasteiger partial charge in [-0.05, 0) is 61.4 Å². The third-order valence-corrected chi connectivity index (χ3v) is 7.51. The third kappa shape index (κ3) is 6.41. The summed E-state index contributed by atoms with van der Waals surface area (Å²) in [6, 6.07) is 18.4. The predicted molar refractivity (Wildman–Crippen MR) is 132 cm³/mol. The number of carbonyl (C=O) groups is 1. The minimum atomic E-state index is -4.02. The Morgan fingerprint density at radius 2 is 1.64 bits per heavy atom. The predicted octanol–water partition coefficient (Wildman–Crippen LogP) is 4.86. The van der Waals surface area contributed by atoms with E-state index in [1.165, 1.54) is 30.3 Å². The summed E-state index contributed by atoms with van der Waals surface area (Å²) < 4.78 is 32.9. The number of halogens is 2. The van der Waals surface area contributed by atoms with Gasteiger partial charge in [0.15, 0.2) is 0 Å². The molecule has 0 fully saturated rings. The molecule has 0 bridgehead atoms. The van der Waals surface area contributed by atoms with E-state index in [9.17, 15) is 13.2 Å². The lowest BCUT2D eigenvalue weighted by Crippen LogP contribution is -2.41. The normalized spacial score (nSPS) is 11.2. The van der Waals surface area contributed by atoms with Crippen LogP contribution in [0.2, 0.25) is 10.0 Å². The van der Waals surface area contributed by atoms with Gasteiger partial charge in [0, 0.05) is 6.54 Å². The van der Waals surface area contributed by atoms with Crippen LogP contribution in [-0.4, -0.2) is 34.5 Å². The van der Waals surface area contributed by atoms with Crippen LogP contribution >= 0.6 is 23.2 Å². The number of hydrogen-bond donors (Lipinski definition) is 1. The third-order valence-electron chi connectivity index (χ3n) is 4.98. The van der Waals surface area contributed by atoms with Gasteiger partial charge in [-0.3, -0.25) is 9.10 Å². The monoisotopic (exact) mass is 506 g/mol. The van der Waals surface area contributed by atoms with Gasteiger partial charge in [0.05, 0.1) is 27.7 Å². The van der Waals surface area contributed by atoms with E-state index in [1.807, 2.05) is 31.2 Å². The zero-order valence-electron chi connectivity index (χ0n) is 18.2. The first kappa shape index (κ1) is 24.9. The molecule has 0 aliphatic rings. The molecule has 0 heterocycles. The summed E-state index contributed by atoms with van der Waals surface area (Å²) in [4.78, 5) is 12.8. The van der Waals surface area contributed by atoms with Gasteiger partial charge < -0.3 is 10.1 Å². The van der Waals surface area contributed by atoms with Crippen molar-refractivity contribution in [1.29, 1.82) is 0 Å². The van der Waals surface area contributed by atoms with Crippen LogP contribution < -0.4 is 14.4 Å². The number of sulfonamides is 1. The summed E-state index contributed by atoms with van der Waals surface area (Å²) >= 11 is 12.1.